The number of phosphoric ester groups is 1. The van der Waals surface area contributed by atoms with Gasteiger partial charge in [0.05, 0.1) is 18.4 Å². The van der Waals surface area contributed by atoms with Gasteiger partial charge in [-0.1, -0.05) is 0 Å². The van der Waals surface area contributed by atoms with Crippen LogP contribution in [0.25, 0.3) is 0 Å². The number of nitrogens with one attached hydrogen (secondary N) is 1. The number of aliphatic imine (C=N–C) groups is 1. The summed E-state index contributed by atoms with van der Waals surface area (Å²) >= 11 is 0. The lowest BCUT2D eigenvalue weighted by molar-refractivity contribution is -0.0192. The fourth-order valence-electron chi connectivity index (χ4n) is 2.68. The maximum Gasteiger partial charge on any atom is 0.490 e. The molecule has 0 aliphatic carbocycles. The van der Waals surface area contributed by atoms with Gasteiger partial charge in [-0.25, -0.2) is 23.7 Å². The Hall–Kier alpha value is -1.16. The summed E-state index contributed by atoms with van der Waals surface area (Å²) in [6.45, 7) is 0.809. The van der Waals surface area contributed by atoms with Gasteiger partial charge in [-0.2, -0.15) is 8.62 Å². The van der Waals surface area contributed by atoms with Gasteiger partial charge < -0.3 is 39.8 Å². The Morgan fingerprint density at radius 2 is 1.73 bits per heavy atom. The van der Waals surface area contributed by atoms with Gasteiger partial charge in [-0.05, 0) is 6.92 Å². The van der Waals surface area contributed by atoms with E-state index in [1.54, 1.807) is 14.0 Å². The molecule has 17 nitrogen and oxygen atoms in total. The third-order valence-corrected chi connectivity index (χ3v) is 7.88. The molecule has 2 rings (SSSR count). The van der Waals surface area contributed by atoms with Crippen LogP contribution in [-0.2, 0) is 31.6 Å². The highest BCUT2D eigenvalue weighted by molar-refractivity contribution is 7.66. The van der Waals surface area contributed by atoms with Crippen molar-refractivity contribution in [1.82, 2.24) is 9.97 Å². The summed E-state index contributed by atoms with van der Waals surface area (Å²) in [5.74, 6) is 0.459. The molecule has 0 spiro atoms. The molecule has 5 unspecified atom stereocenters. The monoisotopic (exact) mass is 536 g/mol. The Labute approximate surface area is 186 Å². The van der Waals surface area contributed by atoms with Crippen molar-refractivity contribution in [1.29, 1.82) is 0 Å². The number of aliphatic hydroxyl groups excluding tert-OH is 2. The first-order valence-electron chi connectivity index (χ1n) is 8.96. The molecule has 20 heteroatoms. The van der Waals surface area contributed by atoms with Gasteiger partial charge in [0.2, 0.25) is 0 Å². The zero-order valence-electron chi connectivity index (χ0n) is 17.1. The molecule has 1 fully saturated rings. The molecule has 1 aromatic rings. The minimum atomic E-state index is -5.68. The van der Waals surface area contributed by atoms with Crippen LogP contribution in [0, 0.1) is 6.92 Å². The summed E-state index contributed by atoms with van der Waals surface area (Å²) < 4.78 is 50.7. The molecule has 33 heavy (non-hydrogen) atoms. The fraction of sp³-hybridized carbons (Fsp3) is 0.615. The van der Waals surface area contributed by atoms with Crippen molar-refractivity contribution in [3.05, 3.63) is 12.0 Å². The standard InChI is InChI=1S/C13H23N4O13P3/c1-7-10(13(14-2)17-6-16-7)15-4-3-8-11(18)12(19)9(28-8)5-27-32(23,24)30-33(25,26)29-31(20,21)22/h4,6,8-9,11-12,18-19H,3,5H2,1-2H3,(H,23,24)(H,25,26)(H,14,16,17)(H2,20,21,22)/t8-,9?,11?,12?/m0/s1. The number of aromatic nitrogens is 2. The molecule has 188 valence electrons. The van der Waals surface area contributed by atoms with Crippen molar-refractivity contribution in [2.75, 3.05) is 19.0 Å². The number of nitrogens with zero attached hydrogens (tertiary/aromatic N) is 3. The summed E-state index contributed by atoms with van der Waals surface area (Å²) in [5, 5.41) is 23.1. The number of hydrogen-bond acceptors (Lipinski definition) is 13. The highest BCUT2D eigenvalue weighted by atomic mass is 31.3. The summed E-state index contributed by atoms with van der Waals surface area (Å²) in [7, 11) is -15.0. The molecule has 1 aliphatic rings. The molecule has 1 saturated heterocycles. The van der Waals surface area contributed by atoms with E-state index in [2.05, 4.69) is 33.4 Å². The van der Waals surface area contributed by atoms with E-state index in [0.29, 0.717) is 17.2 Å². The number of aliphatic hydroxyl groups is 2. The van der Waals surface area contributed by atoms with Gasteiger partial charge in [0.1, 0.15) is 30.3 Å². The number of anilines is 1. The van der Waals surface area contributed by atoms with Crippen molar-refractivity contribution in [3.63, 3.8) is 0 Å². The van der Waals surface area contributed by atoms with E-state index in [1.807, 2.05) is 0 Å². The van der Waals surface area contributed by atoms with Gasteiger partial charge in [-0.15, -0.1) is 0 Å². The molecule has 1 aromatic heterocycles. The van der Waals surface area contributed by atoms with Crippen molar-refractivity contribution in [2.24, 2.45) is 4.99 Å². The van der Waals surface area contributed by atoms with Crippen LogP contribution < -0.4 is 5.32 Å². The predicted molar refractivity (Wildman–Crippen MR) is 110 cm³/mol. The quantitative estimate of drug-likeness (QED) is 0.142. The van der Waals surface area contributed by atoms with E-state index >= 15 is 0 Å². The summed E-state index contributed by atoms with van der Waals surface area (Å²) in [6, 6.07) is 0. The number of phosphoric acid groups is 3. The van der Waals surface area contributed by atoms with E-state index in [1.165, 1.54) is 12.5 Å². The molecule has 0 aromatic carbocycles. The number of ether oxygens (including phenoxy) is 1. The molecule has 7 N–H and O–H groups in total. The Kier molecular flexibility index (Phi) is 9.41. The largest absolute Gasteiger partial charge is 0.490 e. The van der Waals surface area contributed by atoms with Gasteiger partial charge in [0.25, 0.3) is 0 Å². The van der Waals surface area contributed by atoms with Gasteiger partial charge in [0.15, 0.2) is 5.82 Å². The predicted octanol–water partition coefficient (Wildman–Crippen LogP) is -0.248. The van der Waals surface area contributed by atoms with E-state index in [9.17, 15) is 28.8 Å². The van der Waals surface area contributed by atoms with Crippen LogP contribution in [0.5, 0.6) is 0 Å². The SMILES string of the molecule is CNc1ncnc(C)c1N=CC[C@@H]1OC(COP(=O)(O)OP(=O)(O)OP(=O)(O)O)C(O)C1O. The lowest BCUT2D eigenvalue weighted by Gasteiger charge is -2.19. The summed E-state index contributed by atoms with van der Waals surface area (Å²) in [4.78, 5) is 47.8. The molecule has 6 atom stereocenters. The van der Waals surface area contributed by atoms with Crippen LogP contribution >= 0.6 is 23.5 Å². The number of aryl methyl sites for hydroxylation is 1. The third kappa shape index (κ3) is 8.53. The average molecular weight is 536 g/mol. The molecular formula is C13H23N4O13P3. The Balaban J connectivity index is 1.96. The molecule has 2 heterocycles. The molecule has 0 radical (unpaired) electrons. The number of hydrogen-bond donors (Lipinski definition) is 7. The van der Waals surface area contributed by atoms with Gasteiger partial charge in [-0.3, -0.25) is 9.52 Å². The lowest BCUT2D eigenvalue weighted by Crippen LogP contribution is -2.34. The first-order chi connectivity index (χ1) is 15.1. The molecule has 1 aliphatic heterocycles. The van der Waals surface area contributed by atoms with Gasteiger partial charge in [0, 0.05) is 19.7 Å². The highest BCUT2D eigenvalue weighted by Crippen LogP contribution is 2.66. The second-order valence-corrected chi connectivity index (χ2v) is 11.0. The van der Waals surface area contributed by atoms with E-state index < -0.39 is 54.5 Å². The van der Waals surface area contributed by atoms with Crippen molar-refractivity contribution >= 4 is 41.2 Å². The summed E-state index contributed by atoms with van der Waals surface area (Å²) in [5.41, 5.74) is 1.02. The van der Waals surface area contributed by atoms with Crippen molar-refractivity contribution in [3.8, 4) is 0 Å². The highest BCUT2D eigenvalue weighted by Gasteiger charge is 2.45. The van der Waals surface area contributed by atoms with E-state index in [4.69, 9.17) is 19.4 Å². The molecule has 0 bridgehead atoms. The Morgan fingerprint density at radius 1 is 1.09 bits per heavy atom. The molecule has 0 amide bonds. The maximum atomic E-state index is 11.8. The Morgan fingerprint density at radius 3 is 2.33 bits per heavy atom. The van der Waals surface area contributed by atoms with Crippen LogP contribution in [0.1, 0.15) is 12.1 Å². The normalized spacial score (nSPS) is 27.4. The second-order valence-electron chi connectivity index (χ2n) is 6.53. The van der Waals surface area contributed by atoms with Crippen molar-refractivity contribution in [2.45, 2.75) is 37.8 Å². The first kappa shape index (κ1) is 28.1. The number of rotatable bonds is 11. The lowest BCUT2D eigenvalue weighted by atomic mass is 10.1. The molecular weight excluding hydrogens is 513 g/mol. The first-order valence-corrected chi connectivity index (χ1v) is 13.5. The van der Waals surface area contributed by atoms with E-state index in [0.717, 1.165) is 0 Å². The van der Waals surface area contributed by atoms with E-state index in [-0.39, 0.29) is 6.42 Å². The zero-order chi connectivity index (χ0) is 25.0. The smallest absolute Gasteiger partial charge is 0.388 e. The minimum Gasteiger partial charge on any atom is -0.388 e. The maximum absolute atomic E-state index is 11.8. The van der Waals surface area contributed by atoms with Crippen LogP contribution in [0.3, 0.4) is 0 Å². The average Bonchev–Trinajstić information content (AvgIpc) is 2.92. The molecule has 0 saturated carbocycles. The third-order valence-electron chi connectivity index (χ3n) is 4.08. The minimum absolute atomic E-state index is 0.00146. The van der Waals surface area contributed by atoms with Crippen molar-refractivity contribution < 1.29 is 61.4 Å². The second kappa shape index (κ2) is 11.1. The van der Waals surface area contributed by atoms with Gasteiger partial charge >= 0.3 is 23.5 Å². The zero-order valence-corrected chi connectivity index (χ0v) is 19.8. The fourth-order valence-corrected chi connectivity index (χ4v) is 5.71. The van der Waals surface area contributed by atoms with Crippen LogP contribution in [0.15, 0.2) is 11.3 Å². The van der Waals surface area contributed by atoms with Crippen LogP contribution in [0.4, 0.5) is 11.5 Å². The van der Waals surface area contributed by atoms with Crippen LogP contribution in [0.2, 0.25) is 0 Å². The topological polar surface area (TPSA) is 260 Å². The Bertz CT molecular complexity index is 1000. The summed E-state index contributed by atoms with van der Waals surface area (Å²) in [6.07, 6.45) is -2.64. The van der Waals surface area contributed by atoms with Crippen LogP contribution in [-0.4, -0.2) is 84.0 Å².